The fraction of sp³-hybridized carbons (Fsp3) is 0.211. The van der Waals surface area contributed by atoms with Crippen molar-refractivity contribution in [1.29, 1.82) is 0 Å². The number of carbonyl (C=O) groups excluding carboxylic acids is 2. The number of sulfonamides is 1. The molecule has 0 spiro atoms. The van der Waals surface area contributed by atoms with Crippen LogP contribution < -0.4 is 11.1 Å². The molecule has 4 rings (SSSR count). The van der Waals surface area contributed by atoms with Gasteiger partial charge in [-0.3, -0.25) is 9.78 Å². The number of fused-ring (bicyclic) bond motifs is 1. The van der Waals surface area contributed by atoms with E-state index in [4.69, 9.17) is 10.2 Å². The third-order valence-corrected chi connectivity index (χ3v) is 6.59. The summed E-state index contributed by atoms with van der Waals surface area (Å²) in [6.45, 7) is 0.589. The highest BCUT2D eigenvalue weighted by Gasteiger charge is 2.32. The first-order chi connectivity index (χ1) is 14.4. The molecule has 30 heavy (non-hydrogen) atoms. The molecule has 0 bridgehead atoms. The van der Waals surface area contributed by atoms with Crippen LogP contribution in [0.4, 0.5) is 10.5 Å². The van der Waals surface area contributed by atoms with Gasteiger partial charge in [0.05, 0.1) is 11.2 Å². The molecular formula is C19H19N5O5S. The number of nitrogens with zero attached hydrogens (tertiary/aromatic N) is 3. The first-order valence-corrected chi connectivity index (χ1v) is 10.6. The Morgan fingerprint density at radius 3 is 2.47 bits per heavy atom. The molecule has 0 aliphatic carbocycles. The summed E-state index contributed by atoms with van der Waals surface area (Å²) in [4.78, 5) is 29.6. The zero-order valence-electron chi connectivity index (χ0n) is 15.8. The molecule has 1 saturated heterocycles. The third-order valence-electron chi connectivity index (χ3n) is 4.82. The van der Waals surface area contributed by atoms with Crippen LogP contribution in [0, 0.1) is 0 Å². The van der Waals surface area contributed by atoms with Gasteiger partial charge in [-0.15, -0.1) is 0 Å². The van der Waals surface area contributed by atoms with E-state index in [1.807, 2.05) is 24.3 Å². The van der Waals surface area contributed by atoms with Crippen molar-refractivity contribution in [1.82, 2.24) is 14.2 Å². The van der Waals surface area contributed by atoms with Gasteiger partial charge in [-0.1, -0.05) is 18.2 Å². The van der Waals surface area contributed by atoms with E-state index in [0.29, 0.717) is 11.2 Å². The summed E-state index contributed by atoms with van der Waals surface area (Å²) in [5.74, 6) is -1.07. The van der Waals surface area contributed by atoms with Crippen molar-refractivity contribution < 1.29 is 22.4 Å². The Hall–Kier alpha value is -3.44. The van der Waals surface area contributed by atoms with Crippen LogP contribution in [0.15, 0.2) is 58.2 Å². The number of primary amides is 1. The largest absolute Gasteiger partial charge is 0.438 e. The molecule has 0 saturated carbocycles. The third kappa shape index (κ3) is 3.72. The molecule has 10 nitrogen and oxygen atoms in total. The number of pyridine rings is 1. The van der Waals surface area contributed by atoms with Gasteiger partial charge in [0.25, 0.3) is 15.9 Å². The number of rotatable bonds is 4. The smallest absolute Gasteiger partial charge is 0.321 e. The lowest BCUT2D eigenvalue weighted by Crippen LogP contribution is -2.51. The van der Waals surface area contributed by atoms with Crippen molar-refractivity contribution >= 4 is 38.6 Å². The maximum absolute atomic E-state index is 12.7. The zero-order valence-corrected chi connectivity index (χ0v) is 16.6. The van der Waals surface area contributed by atoms with Crippen molar-refractivity contribution in [3.05, 3.63) is 54.4 Å². The predicted molar refractivity (Wildman–Crippen MR) is 108 cm³/mol. The SMILES string of the molecule is NC(=O)c1ccc(S(=O)(=O)N2CCN(C(=O)Nc3cccc4cccnc34)CC2)o1. The number of nitrogens with two attached hydrogens (primary N) is 1. The van der Waals surface area contributed by atoms with Crippen LogP contribution in [-0.4, -0.2) is 60.7 Å². The Balaban J connectivity index is 1.42. The van der Waals surface area contributed by atoms with Crippen molar-refractivity contribution in [2.24, 2.45) is 5.73 Å². The lowest BCUT2D eigenvalue weighted by Gasteiger charge is -2.33. The molecule has 1 aliphatic heterocycles. The highest BCUT2D eigenvalue weighted by Crippen LogP contribution is 2.23. The summed E-state index contributed by atoms with van der Waals surface area (Å²) in [6, 6.07) is 11.3. The molecule has 3 amide bonds. The number of aromatic nitrogens is 1. The number of hydrogen-bond acceptors (Lipinski definition) is 6. The van der Waals surface area contributed by atoms with E-state index in [2.05, 4.69) is 10.3 Å². The molecule has 3 heterocycles. The Kier molecular flexibility index (Phi) is 5.14. The second kappa shape index (κ2) is 7.76. The van der Waals surface area contributed by atoms with Gasteiger partial charge in [0.15, 0.2) is 5.76 Å². The quantitative estimate of drug-likeness (QED) is 0.644. The Labute approximate surface area is 172 Å². The summed E-state index contributed by atoms with van der Waals surface area (Å²) in [7, 11) is -3.92. The molecule has 156 valence electrons. The van der Waals surface area contributed by atoms with E-state index in [1.54, 1.807) is 12.3 Å². The normalized spacial score (nSPS) is 15.3. The van der Waals surface area contributed by atoms with E-state index in [-0.39, 0.29) is 43.1 Å². The van der Waals surface area contributed by atoms with Crippen LogP contribution >= 0.6 is 0 Å². The molecule has 3 N–H and O–H groups in total. The Morgan fingerprint density at radius 2 is 1.77 bits per heavy atom. The summed E-state index contributed by atoms with van der Waals surface area (Å²) in [5, 5.41) is 3.39. The van der Waals surface area contributed by atoms with Gasteiger partial charge in [-0.2, -0.15) is 4.31 Å². The Bertz CT molecular complexity index is 1210. The number of para-hydroxylation sites is 1. The van der Waals surface area contributed by atoms with Crippen molar-refractivity contribution in [2.75, 3.05) is 31.5 Å². The molecule has 1 aliphatic rings. The fourth-order valence-electron chi connectivity index (χ4n) is 3.25. The molecule has 3 aromatic rings. The van der Waals surface area contributed by atoms with Crippen molar-refractivity contribution in [3.8, 4) is 0 Å². The number of hydrogen-bond donors (Lipinski definition) is 2. The number of amides is 3. The van der Waals surface area contributed by atoms with E-state index in [1.165, 1.54) is 21.3 Å². The van der Waals surface area contributed by atoms with E-state index < -0.39 is 15.9 Å². The standard InChI is InChI=1S/C19H19N5O5S/c20-18(25)15-6-7-16(29-15)30(27,28)24-11-9-23(10-12-24)19(26)22-14-5-1-3-13-4-2-8-21-17(13)14/h1-8H,9-12H2,(H2,20,25)(H,22,26). The number of piperazine rings is 1. The van der Waals surface area contributed by atoms with Crippen LogP contribution in [-0.2, 0) is 10.0 Å². The summed E-state index contributed by atoms with van der Waals surface area (Å²) < 4.78 is 31.6. The number of furan rings is 1. The first-order valence-electron chi connectivity index (χ1n) is 9.16. The number of anilines is 1. The van der Waals surface area contributed by atoms with Crippen LogP contribution in [0.2, 0.25) is 0 Å². The number of carbonyl (C=O) groups is 2. The maximum atomic E-state index is 12.7. The molecular weight excluding hydrogens is 410 g/mol. The van der Waals surface area contributed by atoms with Gasteiger partial charge in [0.2, 0.25) is 5.09 Å². The highest BCUT2D eigenvalue weighted by atomic mass is 32.2. The molecule has 1 fully saturated rings. The monoisotopic (exact) mass is 429 g/mol. The average Bonchev–Trinajstić information content (AvgIpc) is 3.26. The van der Waals surface area contributed by atoms with Gasteiger partial charge in [-0.05, 0) is 24.3 Å². The van der Waals surface area contributed by atoms with Gasteiger partial charge >= 0.3 is 6.03 Å². The van der Waals surface area contributed by atoms with Gasteiger partial charge in [-0.25, -0.2) is 13.2 Å². The van der Waals surface area contributed by atoms with Gasteiger partial charge in [0.1, 0.15) is 0 Å². The number of urea groups is 1. The predicted octanol–water partition coefficient (Wildman–Crippen LogP) is 1.47. The number of nitrogens with one attached hydrogen (secondary N) is 1. The van der Waals surface area contributed by atoms with Crippen molar-refractivity contribution in [2.45, 2.75) is 5.09 Å². The highest BCUT2D eigenvalue weighted by molar-refractivity contribution is 7.89. The minimum atomic E-state index is -3.92. The molecule has 11 heteroatoms. The zero-order chi connectivity index (χ0) is 21.3. The topological polar surface area (TPSA) is 139 Å². The molecule has 1 aromatic carbocycles. The lowest BCUT2D eigenvalue weighted by molar-refractivity contribution is 0.0968. The van der Waals surface area contributed by atoms with Crippen LogP contribution in [0.1, 0.15) is 10.6 Å². The fourth-order valence-corrected chi connectivity index (χ4v) is 4.58. The Morgan fingerprint density at radius 1 is 1.03 bits per heavy atom. The van der Waals surface area contributed by atoms with Gasteiger partial charge in [0, 0.05) is 37.8 Å². The van der Waals surface area contributed by atoms with Crippen LogP contribution in [0.25, 0.3) is 10.9 Å². The lowest BCUT2D eigenvalue weighted by atomic mass is 10.2. The summed E-state index contributed by atoms with van der Waals surface area (Å²) in [5.41, 5.74) is 6.37. The summed E-state index contributed by atoms with van der Waals surface area (Å²) >= 11 is 0. The molecule has 0 unspecified atom stereocenters. The van der Waals surface area contributed by atoms with Crippen LogP contribution in [0.5, 0.6) is 0 Å². The molecule has 0 atom stereocenters. The molecule has 0 radical (unpaired) electrons. The minimum absolute atomic E-state index is 0.0934. The second-order valence-electron chi connectivity index (χ2n) is 6.68. The number of benzene rings is 1. The van der Waals surface area contributed by atoms with E-state index in [0.717, 1.165) is 5.39 Å². The van der Waals surface area contributed by atoms with E-state index in [9.17, 15) is 18.0 Å². The van der Waals surface area contributed by atoms with Crippen molar-refractivity contribution in [3.63, 3.8) is 0 Å². The minimum Gasteiger partial charge on any atom is -0.438 e. The van der Waals surface area contributed by atoms with E-state index >= 15 is 0 Å². The second-order valence-corrected chi connectivity index (χ2v) is 8.55. The van der Waals surface area contributed by atoms with Gasteiger partial charge < -0.3 is 20.4 Å². The van der Waals surface area contributed by atoms with Crippen LogP contribution in [0.3, 0.4) is 0 Å². The summed E-state index contributed by atoms with van der Waals surface area (Å²) in [6.07, 6.45) is 1.65. The average molecular weight is 429 g/mol. The maximum Gasteiger partial charge on any atom is 0.321 e. The first kappa shape index (κ1) is 19.9. The molecule has 2 aromatic heterocycles.